The van der Waals surface area contributed by atoms with Crippen LogP contribution in [0.3, 0.4) is 0 Å². The molecule has 0 aliphatic heterocycles. The first-order valence-corrected chi connectivity index (χ1v) is 8.45. The predicted octanol–water partition coefficient (Wildman–Crippen LogP) is 2.96. The smallest absolute Gasteiger partial charge is 0.274 e. The second-order valence-corrected chi connectivity index (χ2v) is 6.25. The normalized spacial score (nSPS) is 10.9. The molecule has 0 fully saturated rings. The van der Waals surface area contributed by atoms with Gasteiger partial charge < -0.3 is 9.13 Å². The first kappa shape index (κ1) is 16.8. The number of hydrogen-bond donors (Lipinski definition) is 2. The maximum atomic E-state index is 12.8. The maximum Gasteiger partial charge on any atom is 0.274 e. The molecule has 6 heteroatoms. The van der Waals surface area contributed by atoms with E-state index < -0.39 is 5.91 Å². The van der Waals surface area contributed by atoms with Crippen LogP contribution in [0.25, 0.3) is 16.5 Å². The fourth-order valence-electron chi connectivity index (χ4n) is 3.09. The highest BCUT2D eigenvalue weighted by Gasteiger charge is 2.09. The molecule has 0 aliphatic carbocycles. The molecule has 2 aromatic carbocycles. The number of hydroxylamine groups is 1. The lowest BCUT2D eigenvalue weighted by Crippen LogP contribution is -2.22. The minimum atomic E-state index is -0.646. The fourth-order valence-corrected chi connectivity index (χ4v) is 3.09. The number of hydrogen-bond acceptors (Lipinski definition) is 3. The van der Waals surface area contributed by atoms with Crippen molar-refractivity contribution in [2.45, 2.75) is 6.54 Å². The third-order valence-electron chi connectivity index (χ3n) is 4.53. The molecular weight excluding hydrogens is 342 g/mol. The second kappa shape index (κ2) is 6.93. The molecule has 0 saturated heterocycles. The van der Waals surface area contributed by atoms with E-state index in [1.807, 2.05) is 59.4 Å². The molecule has 0 bridgehead atoms. The summed E-state index contributed by atoms with van der Waals surface area (Å²) in [6, 6.07) is 18.5. The second-order valence-electron chi connectivity index (χ2n) is 6.25. The number of fused-ring (bicyclic) bond motifs is 1. The molecule has 1 amide bonds. The maximum absolute atomic E-state index is 12.8. The van der Waals surface area contributed by atoms with Crippen molar-refractivity contribution in [3.63, 3.8) is 0 Å². The lowest BCUT2D eigenvalue weighted by atomic mass is 10.1. The van der Waals surface area contributed by atoms with Gasteiger partial charge in [0.25, 0.3) is 11.5 Å². The Bertz CT molecular complexity index is 1160. The summed E-state index contributed by atoms with van der Waals surface area (Å²) in [7, 11) is 0. The third kappa shape index (κ3) is 3.26. The summed E-state index contributed by atoms with van der Waals surface area (Å²) in [6.45, 7) is 0.428. The van der Waals surface area contributed by atoms with E-state index in [1.54, 1.807) is 28.4 Å². The van der Waals surface area contributed by atoms with Crippen LogP contribution >= 0.6 is 0 Å². The number of aromatic nitrogens is 2. The van der Waals surface area contributed by atoms with Gasteiger partial charge in [0.15, 0.2) is 0 Å². The summed E-state index contributed by atoms with van der Waals surface area (Å²) >= 11 is 0. The van der Waals surface area contributed by atoms with Crippen molar-refractivity contribution < 1.29 is 10.0 Å². The molecule has 0 atom stereocenters. The lowest BCUT2D eigenvalue weighted by molar-refractivity contribution is 0.0706. The van der Waals surface area contributed by atoms with Crippen LogP contribution in [0.15, 0.2) is 84.0 Å². The number of amides is 1. The Morgan fingerprint density at radius 1 is 0.963 bits per heavy atom. The highest BCUT2D eigenvalue weighted by molar-refractivity contribution is 5.97. The molecule has 0 spiro atoms. The number of benzene rings is 2. The van der Waals surface area contributed by atoms with Crippen molar-refractivity contribution in [2.75, 3.05) is 0 Å². The molecule has 4 aromatic rings. The monoisotopic (exact) mass is 359 g/mol. The molecule has 0 aliphatic rings. The van der Waals surface area contributed by atoms with E-state index in [0.29, 0.717) is 11.9 Å². The van der Waals surface area contributed by atoms with Crippen molar-refractivity contribution in [3.05, 3.63) is 101 Å². The summed E-state index contributed by atoms with van der Waals surface area (Å²) in [5.74, 6) is -0.646. The number of rotatable bonds is 4. The summed E-state index contributed by atoms with van der Waals surface area (Å²) in [5.41, 5.74) is 3.68. The van der Waals surface area contributed by atoms with Gasteiger partial charge in [-0.15, -0.1) is 0 Å². The van der Waals surface area contributed by atoms with E-state index >= 15 is 0 Å². The molecule has 0 saturated carbocycles. The Morgan fingerprint density at radius 3 is 2.41 bits per heavy atom. The van der Waals surface area contributed by atoms with Crippen LogP contribution in [-0.2, 0) is 6.54 Å². The number of nitrogens with one attached hydrogen (secondary N) is 1. The van der Waals surface area contributed by atoms with Crippen LogP contribution in [-0.4, -0.2) is 20.2 Å². The lowest BCUT2D eigenvalue weighted by Gasteiger charge is -2.09. The van der Waals surface area contributed by atoms with Gasteiger partial charge in [-0.2, -0.15) is 0 Å². The zero-order valence-corrected chi connectivity index (χ0v) is 14.4. The molecular formula is C21H17N3O3. The molecule has 0 unspecified atom stereocenters. The van der Waals surface area contributed by atoms with E-state index in [9.17, 15) is 9.59 Å². The van der Waals surface area contributed by atoms with E-state index in [-0.39, 0.29) is 11.1 Å². The fraction of sp³-hybridized carbons (Fsp3) is 0.0476. The van der Waals surface area contributed by atoms with Gasteiger partial charge in [-0.05, 0) is 53.4 Å². The van der Waals surface area contributed by atoms with E-state index in [0.717, 1.165) is 16.6 Å². The molecule has 0 radical (unpaired) electrons. The quantitative estimate of drug-likeness (QED) is 0.434. The van der Waals surface area contributed by atoms with E-state index in [4.69, 9.17) is 5.21 Å². The zero-order valence-electron chi connectivity index (χ0n) is 14.4. The summed E-state index contributed by atoms with van der Waals surface area (Å²) in [4.78, 5) is 24.4. The Balaban J connectivity index is 1.66. The van der Waals surface area contributed by atoms with Crippen LogP contribution < -0.4 is 11.0 Å². The first-order valence-electron chi connectivity index (χ1n) is 8.45. The van der Waals surface area contributed by atoms with Crippen molar-refractivity contribution in [1.29, 1.82) is 0 Å². The molecule has 2 heterocycles. The topological polar surface area (TPSA) is 76.3 Å². The van der Waals surface area contributed by atoms with Crippen LogP contribution in [0.4, 0.5) is 0 Å². The largest absolute Gasteiger partial charge is 0.324 e. The Labute approximate surface area is 154 Å². The van der Waals surface area contributed by atoms with Crippen LogP contribution in [0, 0.1) is 0 Å². The Hall–Kier alpha value is -3.64. The molecule has 6 nitrogen and oxygen atoms in total. The number of carbonyl (C=O) groups is 1. The van der Waals surface area contributed by atoms with Crippen molar-refractivity contribution in [3.8, 4) is 5.69 Å². The van der Waals surface area contributed by atoms with Crippen molar-refractivity contribution >= 4 is 16.7 Å². The average molecular weight is 359 g/mol. The average Bonchev–Trinajstić information content (AvgIpc) is 3.25. The molecule has 134 valence electrons. The first-order chi connectivity index (χ1) is 13.2. The van der Waals surface area contributed by atoms with Crippen molar-refractivity contribution in [2.24, 2.45) is 0 Å². The zero-order chi connectivity index (χ0) is 18.8. The molecule has 2 aromatic heterocycles. The highest BCUT2D eigenvalue weighted by atomic mass is 16.5. The van der Waals surface area contributed by atoms with Gasteiger partial charge in [-0.3, -0.25) is 14.8 Å². The number of pyridine rings is 1. The molecule has 4 rings (SSSR count). The predicted molar refractivity (Wildman–Crippen MR) is 102 cm³/mol. The van der Waals surface area contributed by atoms with Gasteiger partial charge in [0, 0.05) is 35.2 Å². The van der Waals surface area contributed by atoms with Gasteiger partial charge in [0.1, 0.15) is 0 Å². The highest BCUT2D eigenvalue weighted by Crippen LogP contribution is 2.14. The van der Waals surface area contributed by atoms with Gasteiger partial charge in [-0.25, -0.2) is 5.48 Å². The minimum Gasteiger partial charge on any atom is -0.324 e. The summed E-state index contributed by atoms with van der Waals surface area (Å²) in [6.07, 6.45) is 5.70. The van der Waals surface area contributed by atoms with Crippen LogP contribution in [0.1, 0.15) is 15.9 Å². The molecule has 27 heavy (non-hydrogen) atoms. The van der Waals surface area contributed by atoms with Gasteiger partial charge in [0.05, 0.1) is 6.54 Å². The van der Waals surface area contributed by atoms with Crippen LogP contribution in [0.5, 0.6) is 0 Å². The van der Waals surface area contributed by atoms with Gasteiger partial charge in [-0.1, -0.05) is 18.2 Å². The summed E-state index contributed by atoms with van der Waals surface area (Å²) in [5, 5.41) is 9.96. The molecule has 2 N–H and O–H groups in total. The van der Waals surface area contributed by atoms with Gasteiger partial charge >= 0.3 is 0 Å². The van der Waals surface area contributed by atoms with Gasteiger partial charge in [0.2, 0.25) is 0 Å². The third-order valence-corrected chi connectivity index (χ3v) is 4.53. The van der Waals surface area contributed by atoms with Crippen LogP contribution in [0.2, 0.25) is 0 Å². The van der Waals surface area contributed by atoms with Crippen molar-refractivity contribution in [1.82, 2.24) is 14.6 Å². The standard InChI is InChI=1S/C21H17N3O3/c25-20(22-27)17-6-5-16-9-12-24(21(26)19(16)13-17)14-15-3-7-18(8-4-15)23-10-1-2-11-23/h1-13,27H,14H2,(H,22,25). The SMILES string of the molecule is O=C(NO)c1ccc2ccn(Cc3ccc(-n4cccc4)cc3)c(=O)c2c1. The number of nitrogens with zero attached hydrogens (tertiary/aromatic N) is 2. The Kier molecular flexibility index (Phi) is 4.32. The Morgan fingerprint density at radius 2 is 1.70 bits per heavy atom. The van der Waals surface area contributed by atoms with E-state index in [1.165, 1.54) is 6.07 Å². The van der Waals surface area contributed by atoms with E-state index in [2.05, 4.69) is 0 Å². The summed E-state index contributed by atoms with van der Waals surface area (Å²) < 4.78 is 3.62. The number of carbonyl (C=O) groups excluding carboxylic acids is 1. The minimum absolute atomic E-state index is 0.186.